The predicted molar refractivity (Wildman–Crippen MR) is 97.4 cm³/mol. The van der Waals surface area contributed by atoms with E-state index in [-0.39, 0.29) is 6.61 Å². The van der Waals surface area contributed by atoms with Crippen LogP contribution in [0.1, 0.15) is 24.1 Å². The maximum absolute atomic E-state index is 9.47. The molecule has 4 heterocycles. The molecular weight excluding hydrogens is 332 g/mol. The molecule has 2 aromatic heterocycles. The van der Waals surface area contributed by atoms with Crippen molar-refractivity contribution in [2.45, 2.75) is 25.8 Å². The van der Waals surface area contributed by atoms with Crippen LogP contribution in [0.15, 0.2) is 18.7 Å². The highest BCUT2D eigenvalue weighted by atomic mass is 16.5. The summed E-state index contributed by atoms with van der Waals surface area (Å²) in [5.41, 5.74) is 2.07. The maximum atomic E-state index is 9.47. The van der Waals surface area contributed by atoms with Crippen molar-refractivity contribution in [3.05, 3.63) is 30.0 Å². The molecule has 0 amide bonds. The van der Waals surface area contributed by atoms with Crippen molar-refractivity contribution in [2.24, 2.45) is 5.92 Å². The van der Waals surface area contributed by atoms with E-state index in [1.54, 1.807) is 19.8 Å². The van der Waals surface area contributed by atoms with E-state index in [0.29, 0.717) is 18.3 Å². The van der Waals surface area contributed by atoms with Gasteiger partial charge >= 0.3 is 0 Å². The Morgan fingerprint density at radius 1 is 1.12 bits per heavy atom. The van der Waals surface area contributed by atoms with E-state index >= 15 is 0 Å². The number of aromatic nitrogens is 4. The van der Waals surface area contributed by atoms with E-state index < -0.39 is 0 Å². The highest BCUT2D eigenvalue weighted by molar-refractivity contribution is 5.52. The molecule has 138 valence electrons. The summed E-state index contributed by atoms with van der Waals surface area (Å²) < 4.78 is 5.40. The van der Waals surface area contributed by atoms with Gasteiger partial charge < -0.3 is 19.6 Å². The molecule has 8 heteroatoms. The second-order valence-electron chi connectivity index (χ2n) is 6.85. The molecule has 0 saturated carbocycles. The molecule has 1 unspecified atom stereocenters. The van der Waals surface area contributed by atoms with E-state index in [0.717, 1.165) is 61.8 Å². The molecule has 26 heavy (non-hydrogen) atoms. The van der Waals surface area contributed by atoms with E-state index in [1.807, 2.05) is 6.07 Å². The van der Waals surface area contributed by atoms with Gasteiger partial charge in [0.1, 0.15) is 24.3 Å². The third-order valence-corrected chi connectivity index (χ3v) is 5.22. The highest BCUT2D eigenvalue weighted by Crippen LogP contribution is 2.29. The first-order valence-corrected chi connectivity index (χ1v) is 9.08. The number of aliphatic hydroxyl groups is 1. The third-order valence-electron chi connectivity index (χ3n) is 5.22. The Morgan fingerprint density at radius 2 is 1.92 bits per heavy atom. The van der Waals surface area contributed by atoms with Crippen molar-refractivity contribution in [3.63, 3.8) is 0 Å². The molecule has 8 nitrogen and oxygen atoms in total. The molecule has 1 fully saturated rings. The highest BCUT2D eigenvalue weighted by Gasteiger charge is 2.24. The van der Waals surface area contributed by atoms with Gasteiger partial charge in [-0.05, 0) is 18.8 Å². The van der Waals surface area contributed by atoms with Gasteiger partial charge in [-0.15, -0.1) is 0 Å². The van der Waals surface area contributed by atoms with Crippen LogP contribution >= 0.6 is 0 Å². The lowest BCUT2D eigenvalue weighted by Gasteiger charge is -2.34. The number of fused-ring (bicyclic) bond motifs is 1. The molecule has 1 saturated heterocycles. The molecule has 0 spiro atoms. The standard InChI is InChI=1S/C18H24N6O2/c1-26-18-14-9-24(6-4-15(14)19-11-22-18)17-7-16(20-12-21-17)23-5-2-3-13(8-23)10-25/h7,11-13,25H,2-6,8-10H2,1H3. The summed E-state index contributed by atoms with van der Waals surface area (Å²) >= 11 is 0. The maximum Gasteiger partial charge on any atom is 0.221 e. The van der Waals surface area contributed by atoms with Crippen molar-refractivity contribution in [1.82, 2.24) is 19.9 Å². The number of piperidine rings is 1. The second-order valence-corrected chi connectivity index (χ2v) is 6.85. The lowest BCUT2D eigenvalue weighted by molar-refractivity contribution is 0.208. The Morgan fingerprint density at radius 3 is 2.73 bits per heavy atom. The van der Waals surface area contributed by atoms with Gasteiger partial charge in [0.25, 0.3) is 0 Å². The Balaban J connectivity index is 1.55. The van der Waals surface area contributed by atoms with E-state index in [1.165, 1.54) is 0 Å². The lowest BCUT2D eigenvalue weighted by Crippen LogP contribution is -2.37. The summed E-state index contributed by atoms with van der Waals surface area (Å²) in [5.74, 6) is 2.79. The predicted octanol–water partition coefficient (Wildman–Crippen LogP) is 1.05. The normalized spacial score (nSPS) is 20.0. The zero-order valence-corrected chi connectivity index (χ0v) is 15.0. The molecule has 4 rings (SSSR count). The SMILES string of the molecule is COc1ncnc2c1CN(c1cc(N3CCCC(CO)C3)ncn1)CC2. The second kappa shape index (κ2) is 7.41. The number of hydrogen-bond donors (Lipinski definition) is 1. The minimum absolute atomic E-state index is 0.233. The summed E-state index contributed by atoms with van der Waals surface area (Å²) in [4.78, 5) is 22.0. The summed E-state index contributed by atoms with van der Waals surface area (Å²) in [6, 6.07) is 2.04. The summed E-state index contributed by atoms with van der Waals surface area (Å²) in [7, 11) is 1.64. The molecule has 1 atom stereocenters. The molecule has 0 radical (unpaired) electrons. The first-order chi connectivity index (χ1) is 12.8. The van der Waals surface area contributed by atoms with Gasteiger partial charge in [0.15, 0.2) is 0 Å². The van der Waals surface area contributed by atoms with Crippen molar-refractivity contribution in [2.75, 3.05) is 43.2 Å². The molecular formula is C18H24N6O2. The number of ether oxygens (including phenoxy) is 1. The van der Waals surface area contributed by atoms with Crippen LogP contribution in [0, 0.1) is 5.92 Å². The van der Waals surface area contributed by atoms with Gasteiger partial charge in [0.2, 0.25) is 5.88 Å². The van der Waals surface area contributed by atoms with Gasteiger partial charge in [0, 0.05) is 38.7 Å². The van der Waals surface area contributed by atoms with Gasteiger partial charge in [-0.25, -0.2) is 19.9 Å². The average Bonchev–Trinajstić information content (AvgIpc) is 2.73. The Labute approximate surface area is 152 Å². The molecule has 1 N–H and O–H groups in total. The number of rotatable bonds is 4. The Hall–Kier alpha value is -2.48. The van der Waals surface area contributed by atoms with Crippen molar-refractivity contribution < 1.29 is 9.84 Å². The van der Waals surface area contributed by atoms with Crippen LogP contribution in [-0.2, 0) is 13.0 Å². The summed E-state index contributed by atoms with van der Waals surface area (Å²) in [6.45, 7) is 3.57. The van der Waals surface area contributed by atoms with Crippen LogP contribution in [-0.4, -0.2) is 58.4 Å². The summed E-state index contributed by atoms with van der Waals surface area (Å²) in [5, 5.41) is 9.47. The largest absolute Gasteiger partial charge is 0.481 e. The fraction of sp³-hybridized carbons (Fsp3) is 0.556. The number of aliphatic hydroxyl groups excluding tert-OH is 1. The van der Waals surface area contributed by atoms with Crippen LogP contribution in [0.5, 0.6) is 5.88 Å². The minimum atomic E-state index is 0.233. The van der Waals surface area contributed by atoms with Crippen LogP contribution in [0.2, 0.25) is 0 Å². The smallest absolute Gasteiger partial charge is 0.221 e. The molecule has 0 bridgehead atoms. The topological polar surface area (TPSA) is 87.5 Å². The van der Waals surface area contributed by atoms with E-state index in [2.05, 4.69) is 29.7 Å². The average molecular weight is 356 g/mol. The van der Waals surface area contributed by atoms with Crippen molar-refractivity contribution in [3.8, 4) is 5.88 Å². The fourth-order valence-electron chi connectivity index (χ4n) is 3.79. The quantitative estimate of drug-likeness (QED) is 0.870. The fourth-order valence-corrected chi connectivity index (χ4v) is 3.79. The van der Waals surface area contributed by atoms with Gasteiger partial charge in [-0.3, -0.25) is 0 Å². The number of methoxy groups -OCH3 is 1. The van der Waals surface area contributed by atoms with Crippen LogP contribution in [0.3, 0.4) is 0 Å². The van der Waals surface area contributed by atoms with Crippen LogP contribution in [0.4, 0.5) is 11.6 Å². The minimum Gasteiger partial charge on any atom is -0.481 e. The first-order valence-electron chi connectivity index (χ1n) is 9.08. The molecule has 2 aromatic rings. The number of nitrogens with zero attached hydrogens (tertiary/aromatic N) is 6. The van der Waals surface area contributed by atoms with E-state index in [4.69, 9.17) is 4.74 Å². The third kappa shape index (κ3) is 3.29. The van der Waals surface area contributed by atoms with Crippen LogP contribution < -0.4 is 14.5 Å². The lowest BCUT2D eigenvalue weighted by atomic mass is 9.99. The Bertz CT molecular complexity index is 757. The van der Waals surface area contributed by atoms with Crippen molar-refractivity contribution >= 4 is 11.6 Å². The molecule has 2 aliphatic heterocycles. The van der Waals surface area contributed by atoms with Gasteiger partial charge in [0.05, 0.1) is 24.9 Å². The van der Waals surface area contributed by atoms with Gasteiger partial charge in [-0.2, -0.15) is 0 Å². The van der Waals surface area contributed by atoms with E-state index in [9.17, 15) is 5.11 Å². The number of hydrogen-bond acceptors (Lipinski definition) is 8. The molecule has 2 aliphatic rings. The first kappa shape index (κ1) is 17.0. The zero-order valence-electron chi connectivity index (χ0n) is 15.0. The number of anilines is 2. The Kier molecular flexibility index (Phi) is 4.83. The zero-order chi connectivity index (χ0) is 17.9. The van der Waals surface area contributed by atoms with Crippen molar-refractivity contribution in [1.29, 1.82) is 0 Å². The van der Waals surface area contributed by atoms with Crippen LogP contribution in [0.25, 0.3) is 0 Å². The van der Waals surface area contributed by atoms with Gasteiger partial charge in [-0.1, -0.05) is 0 Å². The molecule has 0 aliphatic carbocycles. The monoisotopic (exact) mass is 356 g/mol. The molecule has 0 aromatic carbocycles. The summed E-state index contributed by atoms with van der Waals surface area (Å²) in [6.07, 6.45) is 6.18.